The van der Waals surface area contributed by atoms with E-state index in [1.807, 2.05) is 0 Å². The lowest BCUT2D eigenvalue weighted by molar-refractivity contribution is 0.0745. The highest BCUT2D eigenvalue weighted by atomic mass is 32.2. The Morgan fingerprint density at radius 2 is 1.90 bits per heavy atom. The summed E-state index contributed by atoms with van der Waals surface area (Å²) in [5.74, 6) is -1.95. The lowest BCUT2D eigenvalue weighted by atomic mass is 9.97. The van der Waals surface area contributed by atoms with E-state index >= 15 is 0 Å². The van der Waals surface area contributed by atoms with Gasteiger partial charge < -0.3 is 14.3 Å². The zero-order valence-corrected chi connectivity index (χ0v) is 17.1. The summed E-state index contributed by atoms with van der Waals surface area (Å²) >= 11 is 1.52. The molecule has 0 bridgehead atoms. The number of hydrogen-bond acceptors (Lipinski definition) is 3. The molecule has 31 heavy (non-hydrogen) atoms. The van der Waals surface area contributed by atoms with Gasteiger partial charge in [0.2, 0.25) is 0 Å². The van der Waals surface area contributed by atoms with Gasteiger partial charge in [0.25, 0.3) is 11.5 Å². The number of benzene rings is 1. The first-order valence-corrected chi connectivity index (χ1v) is 10.7. The molecule has 1 unspecified atom stereocenters. The molecule has 1 atom stereocenters. The van der Waals surface area contributed by atoms with Gasteiger partial charge >= 0.3 is 0 Å². The van der Waals surface area contributed by atoms with E-state index in [0.29, 0.717) is 28.3 Å². The number of amides is 1. The molecular formula is C22H16F3N3O2S. The van der Waals surface area contributed by atoms with Crippen molar-refractivity contribution in [3.05, 3.63) is 87.4 Å². The summed E-state index contributed by atoms with van der Waals surface area (Å²) in [6.45, 7) is 0. The van der Waals surface area contributed by atoms with Crippen LogP contribution in [0.1, 0.15) is 27.7 Å². The van der Waals surface area contributed by atoms with E-state index in [1.165, 1.54) is 33.2 Å². The predicted octanol–water partition coefficient (Wildman–Crippen LogP) is 4.26. The van der Waals surface area contributed by atoms with Crippen molar-refractivity contribution in [2.24, 2.45) is 0 Å². The van der Waals surface area contributed by atoms with Crippen molar-refractivity contribution in [1.29, 1.82) is 0 Å². The minimum absolute atomic E-state index is 0.0343. The third-order valence-electron chi connectivity index (χ3n) is 5.66. The van der Waals surface area contributed by atoms with Crippen LogP contribution in [-0.2, 0) is 5.75 Å². The normalized spacial score (nSPS) is 15.9. The van der Waals surface area contributed by atoms with E-state index < -0.39 is 29.1 Å². The van der Waals surface area contributed by atoms with Gasteiger partial charge in [0.15, 0.2) is 11.6 Å². The maximum Gasteiger partial charge on any atom is 0.256 e. The van der Waals surface area contributed by atoms with Crippen LogP contribution in [0.2, 0.25) is 0 Å². The van der Waals surface area contributed by atoms with Gasteiger partial charge in [-0.15, -0.1) is 0 Å². The first kappa shape index (κ1) is 19.7. The Kier molecular flexibility index (Phi) is 4.58. The van der Waals surface area contributed by atoms with Gasteiger partial charge in [0.05, 0.1) is 22.5 Å². The smallest absolute Gasteiger partial charge is 0.256 e. The summed E-state index contributed by atoms with van der Waals surface area (Å²) in [5, 5.41) is 0.322. The Bertz CT molecular complexity index is 1430. The molecule has 9 heteroatoms. The quantitative estimate of drug-likeness (QED) is 0.504. The first-order valence-electron chi connectivity index (χ1n) is 9.50. The number of hydrogen-bond donors (Lipinski definition) is 1. The number of nitrogens with zero attached hydrogens (tertiary/aromatic N) is 2. The van der Waals surface area contributed by atoms with E-state index in [2.05, 4.69) is 4.98 Å². The molecule has 3 aromatic heterocycles. The number of carbonyl (C=O) groups excluding carboxylic acids is 1. The molecule has 0 fully saturated rings. The molecule has 1 aliphatic heterocycles. The molecule has 1 amide bonds. The molecule has 0 saturated carbocycles. The second-order valence-corrected chi connectivity index (χ2v) is 8.51. The third-order valence-corrected chi connectivity index (χ3v) is 6.70. The Morgan fingerprint density at radius 1 is 1.16 bits per heavy atom. The lowest BCUT2D eigenvalue weighted by Gasteiger charge is -2.33. The van der Waals surface area contributed by atoms with Crippen molar-refractivity contribution in [3.63, 3.8) is 0 Å². The highest BCUT2D eigenvalue weighted by Gasteiger charge is 2.31. The molecule has 1 N–H and O–H groups in total. The van der Waals surface area contributed by atoms with Crippen molar-refractivity contribution in [2.45, 2.75) is 11.8 Å². The molecule has 5 nitrogen and oxygen atoms in total. The van der Waals surface area contributed by atoms with E-state index in [9.17, 15) is 22.8 Å². The summed E-state index contributed by atoms with van der Waals surface area (Å²) in [4.78, 5) is 29.9. The third kappa shape index (κ3) is 3.11. The molecule has 0 saturated heterocycles. The molecule has 1 aliphatic rings. The number of carbonyl (C=O) groups is 1. The van der Waals surface area contributed by atoms with Gasteiger partial charge in [0, 0.05) is 42.2 Å². The SMILES string of the molecule is CN(C(=O)c1cc2c(F)cccn2c1)C1CSCc2[nH]c(=O)c3cc(F)c(F)cc3c21. The van der Waals surface area contributed by atoms with Gasteiger partial charge in [0.1, 0.15) is 5.82 Å². The molecule has 0 radical (unpaired) electrons. The van der Waals surface area contributed by atoms with Crippen molar-refractivity contribution in [1.82, 2.24) is 14.3 Å². The average Bonchev–Trinajstić information content (AvgIpc) is 3.19. The Labute approximate surface area is 178 Å². The maximum atomic E-state index is 14.0. The Balaban J connectivity index is 1.62. The highest BCUT2D eigenvalue weighted by molar-refractivity contribution is 7.98. The molecule has 0 aliphatic carbocycles. The second-order valence-electron chi connectivity index (χ2n) is 7.48. The fourth-order valence-corrected chi connectivity index (χ4v) is 5.27. The maximum absolute atomic E-state index is 14.0. The van der Waals surface area contributed by atoms with E-state index in [1.54, 1.807) is 25.5 Å². The zero-order chi connectivity index (χ0) is 21.9. The van der Waals surface area contributed by atoms with E-state index in [0.717, 1.165) is 12.1 Å². The summed E-state index contributed by atoms with van der Waals surface area (Å²) in [7, 11) is 1.61. The summed E-state index contributed by atoms with van der Waals surface area (Å²) in [6.07, 6.45) is 3.20. The van der Waals surface area contributed by atoms with Crippen LogP contribution in [0.5, 0.6) is 0 Å². The van der Waals surface area contributed by atoms with Crippen LogP contribution in [0.3, 0.4) is 0 Å². The number of rotatable bonds is 2. The van der Waals surface area contributed by atoms with Crippen molar-refractivity contribution in [2.75, 3.05) is 12.8 Å². The van der Waals surface area contributed by atoms with Crippen molar-refractivity contribution < 1.29 is 18.0 Å². The van der Waals surface area contributed by atoms with Gasteiger partial charge in [-0.25, -0.2) is 13.2 Å². The van der Waals surface area contributed by atoms with Crippen LogP contribution in [0.4, 0.5) is 13.2 Å². The van der Waals surface area contributed by atoms with Gasteiger partial charge in [-0.3, -0.25) is 9.59 Å². The molecular weight excluding hydrogens is 427 g/mol. The number of halogens is 3. The monoisotopic (exact) mass is 443 g/mol. The minimum Gasteiger partial charge on any atom is -0.334 e. The molecule has 0 spiro atoms. The van der Waals surface area contributed by atoms with Crippen LogP contribution in [-0.4, -0.2) is 33.0 Å². The number of pyridine rings is 2. The minimum atomic E-state index is -1.10. The molecule has 1 aromatic carbocycles. The number of H-pyrrole nitrogens is 1. The average molecular weight is 443 g/mol. The van der Waals surface area contributed by atoms with Crippen LogP contribution in [0.25, 0.3) is 16.3 Å². The van der Waals surface area contributed by atoms with Crippen LogP contribution in [0, 0.1) is 17.5 Å². The molecule has 158 valence electrons. The Hall–Kier alpha value is -3.20. The zero-order valence-electron chi connectivity index (χ0n) is 16.3. The van der Waals surface area contributed by atoms with Crippen LogP contribution < -0.4 is 5.56 Å². The summed E-state index contributed by atoms with van der Waals surface area (Å²) < 4.78 is 43.4. The summed E-state index contributed by atoms with van der Waals surface area (Å²) in [6, 6.07) is 5.75. The van der Waals surface area contributed by atoms with Crippen LogP contribution >= 0.6 is 11.8 Å². The van der Waals surface area contributed by atoms with Gasteiger partial charge in [-0.05, 0) is 35.7 Å². The topological polar surface area (TPSA) is 57.6 Å². The number of aromatic amines is 1. The summed E-state index contributed by atoms with van der Waals surface area (Å²) in [5.41, 5.74) is 1.26. The first-order chi connectivity index (χ1) is 14.8. The van der Waals surface area contributed by atoms with Gasteiger partial charge in [-0.1, -0.05) is 0 Å². The molecule has 4 heterocycles. The second kappa shape index (κ2) is 7.19. The van der Waals surface area contributed by atoms with Crippen molar-refractivity contribution >= 4 is 34.0 Å². The molecule has 5 rings (SSSR count). The van der Waals surface area contributed by atoms with Gasteiger partial charge in [-0.2, -0.15) is 11.8 Å². The number of fused-ring (bicyclic) bond motifs is 4. The fourth-order valence-electron chi connectivity index (χ4n) is 4.11. The van der Waals surface area contributed by atoms with E-state index in [4.69, 9.17) is 0 Å². The number of nitrogens with one attached hydrogen (secondary N) is 1. The standard InChI is InChI=1S/C22H16F3N3O2S/c1-27(22(30)11-5-18-14(23)3-2-4-28(18)8-11)19-10-31-9-17-20(19)12-6-15(24)16(25)7-13(12)21(29)26-17/h2-8,19H,9-10H2,1H3,(H,26,29). The molecule has 4 aromatic rings. The van der Waals surface area contributed by atoms with Crippen LogP contribution in [0.15, 0.2) is 47.5 Å². The predicted molar refractivity (Wildman–Crippen MR) is 113 cm³/mol. The number of thioether (sulfide) groups is 1. The highest BCUT2D eigenvalue weighted by Crippen LogP contribution is 2.38. The van der Waals surface area contributed by atoms with Crippen molar-refractivity contribution in [3.8, 4) is 0 Å². The fraction of sp³-hybridized carbons (Fsp3) is 0.182. The Morgan fingerprint density at radius 3 is 2.65 bits per heavy atom. The largest absolute Gasteiger partial charge is 0.334 e. The lowest BCUT2D eigenvalue weighted by Crippen LogP contribution is -2.35. The van der Waals surface area contributed by atoms with E-state index in [-0.39, 0.29) is 22.2 Å². The number of aromatic nitrogens is 2.